The van der Waals surface area contributed by atoms with Crippen LogP contribution in [0, 0.1) is 5.82 Å². The number of amides is 3. The van der Waals surface area contributed by atoms with Crippen LogP contribution in [0.3, 0.4) is 0 Å². The zero-order valence-corrected chi connectivity index (χ0v) is 30.0. The number of thioether (sulfide) groups is 1. The van der Waals surface area contributed by atoms with Gasteiger partial charge in [-0.25, -0.2) is 22.8 Å². The van der Waals surface area contributed by atoms with E-state index >= 15 is 4.39 Å². The molecule has 0 saturated carbocycles. The van der Waals surface area contributed by atoms with E-state index in [0.717, 1.165) is 16.7 Å². The van der Waals surface area contributed by atoms with Crippen LogP contribution < -0.4 is 10.2 Å². The lowest BCUT2D eigenvalue weighted by atomic mass is 9.95. The van der Waals surface area contributed by atoms with Gasteiger partial charge in [-0.05, 0) is 56.2 Å². The third kappa shape index (κ3) is 8.99. The summed E-state index contributed by atoms with van der Waals surface area (Å²) in [5.41, 5.74) is 0.739. The van der Waals surface area contributed by atoms with E-state index in [9.17, 15) is 23.2 Å². The summed E-state index contributed by atoms with van der Waals surface area (Å²) in [4.78, 5) is 46.5. The van der Waals surface area contributed by atoms with E-state index in [-0.39, 0.29) is 42.7 Å². The largest absolute Gasteiger partial charge is 0.445 e. The fourth-order valence-electron chi connectivity index (χ4n) is 5.81. The maximum Gasteiger partial charge on any atom is 0.410 e. The number of anilines is 1. The van der Waals surface area contributed by atoms with E-state index in [1.54, 1.807) is 75.4 Å². The molecule has 3 aromatic carbocycles. The number of alkyl halides is 2. The normalized spacial score (nSPS) is 18.7. The molecule has 2 aliphatic heterocycles. The first-order chi connectivity index (χ1) is 24.6. The fraction of sp³-hybridized carbons (Fsp3) is 0.361. The lowest BCUT2D eigenvalue weighted by molar-refractivity contribution is -0.120. The summed E-state index contributed by atoms with van der Waals surface area (Å²) in [5, 5.41) is 7.04. The molecule has 1 fully saturated rings. The second-order valence-electron chi connectivity index (χ2n) is 13.5. The van der Waals surface area contributed by atoms with Crippen molar-refractivity contribution in [1.29, 1.82) is 0 Å². The van der Waals surface area contributed by atoms with Crippen molar-refractivity contribution < 1.29 is 41.6 Å². The second kappa shape index (κ2) is 15.1. The van der Waals surface area contributed by atoms with Crippen molar-refractivity contribution in [3.8, 4) is 11.4 Å². The van der Waals surface area contributed by atoms with Crippen LogP contribution in [-0.2, 0) is 27.4 Å². The molecule has 3 heterocycles. The van der Waals surface area contributed by atoms with Crippen LogP contribution in [0.2, 0.25) is 5.02 Å². The Morgan fingerprint density at radius 1 is 1.10 bits per heavy atom. The van der Waals surface area contributed by atoms with Crippen molar-refractivity contribution in [2.24, 2.45) is 0 Å². The zero-order chi connectivity index (χ0) is 37.2. The topological polar surface area (TPSA) is 127 Å². The Balaban J connectivity index is 1.27. The number of ether oxygens (including phenoxy) is 2. The van der Waals surface area contributed by atoms with Crippen molar-refractivity contribution in [1.82, 2.24) is 20.4 Å². The van der Waals surface area contributed by atoms with Gasteiger partial charge in [0.05, 0.1) is 30.3 Å². The number of carbonyl (C=O) groups is 3. The number of nitrogens with one attached hydrogen (secondary N) is 1. The minimum atomic E-state index is -3.29. The molecule has 2 atom stereocenters. The van der Waals surface area contributed by atoms with Gasteiger partial charge in [0.1, 0.15) is 24.1 Å². The third-order valence-corrected chi connectivity index (χ3v) is 9.55. The summed E-state index contributed by atoms with van der Waals surface area (Å²) < 4.78 is 61.7. The number of halogens is 4. The smallest absolute Gasteiger partial charge is 0.410 e. The highest BCUT2D eigenvalue weighted by Crippen LogP contribution is 2.41. The van der Waals surface area contributed by atoms with Crippen LogP contribution in [0.5, 0.6) is 0 Å². The van der Waals surface area contributed by atoms with E-state index in [2.05, 4.69) is 15.5 Å². The van der Waals surface area contributed by atoms with Crippen LogP contribution in [0.1, 0.15) is 50.1 Å². The number of hydrogen-bond donors (Lipinski definition) is 1. The van der Waals surface area contributed by atoms with Gasteiger partial charge in [-0.3, -0.25) is 4.79 Å². The minimum Gasteiger partial charge on any atom is -0.445 e. The average Bonchev–Trinajstić information content (AvgIpc) is 3.54. The molecule has 1 unspecified atom stereocenters. The van der Waals surface area contributed by atoms with E-state index in [4.69, 9.17) is 25.6 Å². The number of hydrogen-bond acceptors (Lipinski definition) is 9. The number of carbonyl (C=O) groups excluding carboxylic acids is 3. The molecule has 274 valence electrons. The lowest BCUT2D eigenvalue weighted by Gasteiger charge is -2.35. The highest BCUT2D eigenvalue weighted by atomic mass is 35.5. The number of aromatic nitrogens is 2. The molecule has 0 spiro atoms. The van der Waals surface area contributed by atoms with Crippen LogP contribution in [-0.4, -0.2) is 69.5 Å². The van der Waals surface area contributed by atoms with Crippen LogP contribution >= 0.6 is 23.4 Å². The number of nitrogens with zero attached hydrogens (tertiary/aromatic N) is 4. The third-order valence-electron chi connectivity index (χ3n) is 8.16. The Hall–Kier alpha value is -4.76. The van der Waals surface area contributed by atoms with E-state index in [1.807, 2.05) is 0 Å². The first-order valence-electron chi connectivity index (χ1n) is 16.3. The van der Waals surface area contributed by atoms with Gasteiger partial charge in [0.2, 0.25) is 11.7 Å². The summed E-state index contributed by atoms with van der Waals surface area (Å²) in [6.07, 6.45) is -2.39. The first-order valence-corrected chi connectivity index (χ1v) is 17.7. The monoisotopic (exact) mass is 757 g/mol. The predicted octanol–water partition coefficient (Wildman–Crippen LogP) is 7.82. The van der Waals surface area contributed by atoms with Crippen LogP contribution in [0.4, 0.5) is 28.4 Å². The predicted molar refractivity (Wildman–Crippen MR) is 187 cm³/mol. The molecule has 3 amide bonds. The quantitative estimate of drug-likeness (QED) is 0.201. The highest BCUT2D eigenvalue weighted by Gasteiger charge is 2.45. The maximum atomic E-state index is 15.8. The number of benzene rings is 3. The van der Waals surface area contributed by atoms with Gasteiger partial charge in [-0.2, -0.15) is 4.98 Å². The molecule has 16 heteroatoms. The molecule has 6 rings (SSSR count). The molecule has 0 aliphatic carbocycles. The second-order valence-corrected chi connectivity index (χ2v) is 15.0. The number of likely N-dealkylation sites (tertiary alicyclic amines) is 1. The molecular weight excluding hydrogens is 723 g/mol. The molecule has 0 bridgehead atoms. The maximum absolute atomic E-state index is 15.8. The van der Waals surface area contributed by atoms with Gasteiger partial charge in [-0.1, -0.05) is 59.2 Å². The molecule has 1 saturated heterocycles. The summed E-state index contributed by atoms with van der Waals surface area (Å²) in [7, 11) is 0. The Labute approximate surface area is 306 Å². The molecule has 52 heavy (non-hydrogen) atoms. The summed E-state index contributed by atoms with van der Waals surface area (Å²) >= 11 is 7.25. The Morgan fingerprint density at radius 3 is 2.54 bits per heavy atom. The number of alkyl carbamates (subject to hydrolysis) is 1. The molecule has 2 aliphatic rings. The minimum absolute atomic E-state index is 0.0337. The van der Waals surface area contributed by atoms with Crippen molar-refractivity contribution >= 4 is 47.1 Å². The number of rotatable bonds is 7. The summed E-state index contributed by atoms with van der Waals surface area (Å²) in [6.45, 7) is 3.99. The fourth-order valence-corrected chi connectivity index (χ4v) is 7.01. The van der Waals surface area contributed by atoms with Gasteiger partial charge in [0.15, 0.2) is 0 Å². The van der Waals surface area contributed by atoms with Crippen molar-refractivity contribution in [3.63, 3.8) is 0 Å². The Kier molecular flexibility index (Phi) is 10.7. The number of piperidine rings is 1. The molecule has 4 aromatic rings. The summed E-state index contributed by atoms with van der Waals surface area (Å²) in [5.74, 6) is -5.97. The Morgan fingerprint density at radius 2 is 1.83 bits per heavy atom. The molecule has 11 nitrogen and oxygen atoms in total. The van der Waals surface area contributed by atoms with Gasteiger partial charge in [0, 0.05) is 28.6 Å². The highest BCUT2D eigenvalue weighted by molar-refractivity contribution is 7.99. The lowest BCUT2D eigenvalue weighted by Crippen LogP contribution is -2.50. The molecule has 0 radical (unpaired) electrons. The van der Waals surface area contributed by atoms with Crippen molar-refractivity contribution in [2.75, 3.05) is 23.7 Å². The molecular formula is C36H35ClF3N5O6S. The van der Waals surface area contributed by atoms with Crippen molar-refractivity contribution in [3.05, 3.63) is 94.6 Å². The van der Waals surface area contributed by atoms with Crippen LogP contribution in [0.25, 0.3) is 11.4 Å². The van der Waals surface area contributed by atoms with Gasteiger partial charge in [0.25, 0.3) is 11.8 Å². The summed E-state index contributed by atoms with van der Waals surface area (Å²) in [6, 6.07) is 17.2. The molecule has 1 aromatic heterocycles. The Bertz CT molecular complexity index is 1940. The van der Waals surface area contributed by atoms with E-state index < -0.39 is 60.4 Å². The molecule has 1 N–H and O–H groups in total. The van der Waals surface area contributed by atoms with E-state index in [0.29, 0.717) is 26.7 Å². The van der Waals surface area contributed by atoms with Crippen molar-refractivity contribution in [2.45, 2.75) is 68.7 Å². The first kappa shape index (κ1) is 37.0. The van der Waals surface area contributed by atoms with Gasteiger partial charge < -0.3 is 29.1 Å². The van der Waals surface area contributed by atoms with Gasteiger partial charge in [-0.15, -0.1) is 11.8 Å². The number of fused-ring (bicyclic) bond motifs is 1. The average molecular weight is 758 g/mol. The van der Waals surface area contributed by atoms with Gasteiger partial charge >= 0.3 is 12.2 Å². The van der Waals surface area contributed by atoms with E-state index in [1.165, 1.54) is 17.0 Å². The van der Waals surface area contributed by atoms with Crippen LogP contribution in [0.15, 0.2) is 76.1 Å². The standard InChI is InChI=1S/C36H35ClF3N5O6S/c1-35(2,3)50-33(47)41-27-19-52-29-14-26(38)25(13-28(29)45(32(27)46)16-21-9-11-24(37)12-10-21)30-42-31(51-43-30)23-15-36(39,40)20-44(17-23)34(48)49-18-22-7-5-4-6-8-22/h4-14,23,27H,15-20H2,1-3H3,(H,41,47)/t23?,27-/m0/s1. The SMILES string of the molecule is CC(C)(C)OC(=O)N[C@H]1CSc2cc(F)c(-c3noc(C4CN(C(=O)OCc5ccccc5)CC(F)(F)C4)n3)cc2N(Cc2ccc(Cl)cc2)C1=O. The zero-order valence-electron chi connectivity index (χ0n) is 28.4.